The maximum atomic E-state index is 5.41. The standard InChI is InChI=1S/C16H24N4S2/c1-12-6-8-13(9-7-12)10-19(5)11-20-15(21)22-14(18-20)17-16(2,3)4/h6-9H,10-11H2,1-5H3,(H,17,18). The zero-order valence-corrected chi connectivity index (χ0v) is 15.5. The number of rotatable bonds is 5. The maximum absolute atomic E-state index is 5.41. The van der Waals surface area contributed by atoms with Gasteiger partial charge in [-0.2, -0.15) is 0 Å². The number of aromatic nitrogens is 2. The van der Waals surface area contributed by atoms with Gasteiger partial charge < -0.3 is 5.32 Å². The highest BCUT2D eigenvalue weighted by molar-refractivity contribution is 7.73. The van der Waals surface area contributed by atoms with Gasteiger partial charge in [0.2, 0.25) is 5.13 Å². The van der Waals surface area contributed by atoms with Crippen LogP contribution in [0.5, 0.6) is 0 Å². The van der Waals surface area contributed by atoms with Crippen molar-refractivity contribution in [3.05, 3.63) is 39.3 Å². The number of nitrogens with one attached hydrogen (secondary N) is 1. The van der Waals surface area contributed by atoms with Gasteiger partial charge in [0.1, 0.15) is 0 Å². The van der Waals surface area contributed by atoms with Crippen LogP contribution in [0.3, 0.4) is 0 Å². The van der Waals surface area contributed by atoms with Crippen LogP contribution in [0.15, 0.2) is 24.3 Å². The van der Waals surface area contributed by atoms with Gasteiger partial charge in [-0.15, -0.1) is 5.10 Å². The SMILES string of the molecule is Cc1ccc(CN(C)Cn2nc(NC(C)(C)C)sc2=S)cc1. The molecule has 4 nitrogen and oxygen atoms in total. The number of anilines is 1. The number of benzene rings is 1. The molecule has 0 aliphatic heterocycles. The van der Waals surface area contributed by atoms with E-state index in [1.807, 2.05) is 4.68 Å². The summed E-state index contributed by atoms with van der Waals surface area (Å²) in [5, 5.41) is 8.82. The van der Waals surface area contributed by atoms with Crippen molar-refractivity contribution in [3.63, 3.8) is 0 Å². The molecular weight excluding hydrogens is 312 g/mol. The Hall–Kier alpha value is -1.24. The van der Waals surface area contributed by atoms with Gasteiger partial charge in [0.05, 0.1) is 6.67 Å². The Kier molecular flexibility index (Phi) is 5.36. The molecule has 120 valence electrons. The second kappa shape index (κ2) is 6.89. The molecule has 1 aromatic heterocycles. The summed E-state index contributed by atoms with van der Waals surface area (Å²) in [6.07, 6.45) is 0. The number of hydrogen-bond donors (Lipinski definition) is 1. The third kappa shape index (κ3) is 5.19. The summed E-state index contributed by atoms with van der Waals surface area (Å²) in [6.45, 7) is 10.0. The van der Waals surface area contributed by atoms with Crippen molar-refractivity contribution in [3.8, 4) is 0 Å². The van der Waals surface area contributed by atoms with Crippen molar-refractivity contribution in [2.75, 3.05) is 12.4 Å². The number of hydrogen-bond acceptors (Lipinski definition) is 5. The van der Waals surface area contributed by atoms with Crippen molar-refractivity contribution < 1.29 is 0 Å². The van der Waals surface area contributed by atoms with Gasteiger partial charge in [-0.25, -0.2) is 4.68 Å². The van der Waals surface area contributed by atoms with E-state index in [9.17, 15) is 0 Å². The van der Waals surface area contributed by atoms with Gasteiger partial charge in [-0.3, -0.25) is 4.90 Å². The lowest BCUT2D eigenvalue weighted by Gasteiger charge is -2.19. The monoisotopic (exact) mass is 336 g/mol. The summed E-state index contributed by atoms with van der Waals surface area (Å²) in [5.74, 6) is 0. The fraction of sp³-hybridized carbons (Fsp3) is 0.500. The molecule has 0 atom stereocenters. The molecule has 6 heteroatoms. The highest BCUT2D eigenvalue weighted by atomic mass is 32.1. The Bertz CT molecular complexity index is 665. The van der Waals surface area contributed by atoms with E-state index in [0.717, 1.165) is 15.6 Å². The van der Waals surface area contributed by atoms with Gasteiger partial charge in [-0.05, 0) is 52.5 Å². The smallest absolute Gasteiger partial charge is 0.205 e. The van der Waals surface area contributed by atoms with E-state index in [0.29, 0.717) is 6.67 Å². The molecule has 0 spiro atoms. The largest absolute Gasteiger partial charge is 0.356 e. The molecule has 1 aromatic carbocycles. The molecule has 0 saturated heterocycles. The second-order valence-corrected chi connectivity index (χ2v) is 8.31. The van der Waals surface area contributed by atoms with E-state index in [4.69, 9.17) is 12.2 Å². The van der Waals surface area contributed by atoms with Crippen molar-refractivity contribution in [1.29, 1.82) is 0 Å². The fourth-order valence-electron chi connectivity index (χ4n) is 2.05. The summed E-state index contributed by atoms with van der Waals surface area (Å²) in [5.41, 5.74) is 2.57. The predicted octanol–water partition coefficient (Wildman–Crippen LogP) is 4.28. The first kappa shape index (κ1) is 17.1. The Morgan fingerprint density at radius 3 is 2.50 bits per heavy atom. The summed E-state index contributed by atoms with van der Waals surface area (Å²) in [6, 6.07) is 8.61. The molecule has 22 heavy (non-hydrogen) atoms. The molecule has 0 saturated carbocycles. The quantitative estimate of drug-likeness (QED) is 0.826. The van der Waals surface area contributed by atoms with Gasteiger partial charge >= 0.3 is 0 Å². The highest BCUT2D eigenvalue weighted by Crippen LogP contribution is 2.19. The molecule has 1 heterocycles. The summed E-state index contributed by atoms with van der Waals surface area (Å²) >= 11 is 6.93. The molecule has 1 N–H and O–H groups in total. The van der Waals surface area contributed by atoms with E-state index in [1.54, 1.807) is 0 Å². The minimum Gasteiger partial charge on any atom is -0.356 e. The van der Waals surface area contributed by atoms with Gasteiger partial charge in [0.25, 0.3) is 0 Å². The van der Waals surface area contributed by atoms with Crippen LogP contribution in [0.25, 0.3) is 0 Å². The first-order valence-corrected chi connectivity index (χ1v) is 8.56. The number of aryl methyl sites for hydroxylation is 1. The fourth-order valence-corrected chi connectivity index (χ4v) is 3.25. The zero-order valence-electron chi connectivity index (χ0n) is 13.9. The topological polar surface area (TPSA) is 33.1 Å². The van der Waals surface area contributed by atoms with Gasteiger partial charge in [0, 0.05) is 12.1 Å². The first-order valence-electron chi connectivity index (χ1n) is 7.33. The van der Waals surface area contributed by atoms with Crippen molar-refractivity contribution in [2.24, 2.45) is 0 Å². The van der Waals surface area contributed by atoms with Crippen molar-refractivity contribution in [2.45, 2.75) is 46.4 Å². The average molecular weight is 337 g/mol. The van der Waals surface area contributed by atoms with E-state index in [2.05, 4.69) is 74.3 Å². The van der Waals surface area contributed by atoms with Gasteiger partial charge in [-0.1, -0.05) is 41.2 Å². The third-order valence-corrected chi connectivity index (χ3v) is 4.26. The Labute approximate surface area is 141 Å². The summed E-state index contributed by atoms with van der Waals surface area (Å²) in [7, 11) is 2.08. The second-order valence-electron chi connectivity index (χ2n) is 6.69. The van der Waals surface area contributed by atoms with Crippen LogP contribution in [0.2, 0.25) is 0 Å². The highest BCUT2D eigenvalue weighted by Gasteiger charge is 2.13. The molecule has 0 unspecified atom stereocenters. The van der Waals surface area contributed by atoms with Crippen LogP contribution in [-0.2, 0) is 13.2 Å². The molecular formula is C16H24N4S2. The Morgan fingerprint density at radius 2 is 1.91 bits per heavy atom. The average Bonchev–Trinajstić information content (AvgIpc) is 2.70. The molecule has 0 aliphatic carbocycles. The first-order chi connectivity index (χ1) is 10.2. The lowest BCUT2D eigenvalue weighted by Crippen LogP contribution is -2.26. The molecule has 0 amide bonds. The van der Waals surface area contributed by atoms with Crippen LogP contribution < -0.4 is 5.32 Å². The van der Waals surface area contributed by atoms with Crippen molar-refractivity contribution in [1.82, 2.24) is 14.7 Å². The summed E-state index contributed by atoms with van der Waals surface area (Å²) < 4.78 is 2.67. The zero-order chi connectivity index (χ0) is 16.3. The third-order valence-electron chi connectivity index (χ3n) is 3.04. The molecule has 0 radical (unpaired) electrons. The molecule has 0 fully saturated rings. The molecule has 0 aliphatic rings. The van der Waals surface area contributed by atoms with Crippen LogP contribution in [0.4, 0.5) is 5.13 Å². The Balaban J connectivity index is 2.01. The van der Waals surface area contributed by atoms with E-state index >= 15 is 0 Å². The predicted molar refractivity (Wildman–Crippen MR) is 97.0 cm³/mol. The summed E-state index contributed by atoms with van der Waals surface area (Å²) in [4.78, 5) is 2.21. The van der Waals surface area contributed by atoms with Gasteiger partial charge in [0.15, 0.2) is 3.95 Å². The lowest BCUT2D eigenvalue weighted by atomic mass is 10.1. The minimum atomic E-state index is -0.00867. The minimum absolute atomic E-state index is 0.00867. The molecule has 2 rings (SSSR count). The Morgan fingerprint density at radius 1 is 1.27 bits per heavy atom. The van der Waals surface area contributed by atoms with E-state index < -0.39 is 0 Å². The van der Waals surface area contributed by atoms with Crippen molar-refractivity contribution >= 4 is 28.7 Å². The van der Waals surface area contributed by atoms with E-state index in [1.165, 1.54) is 22.5 Å². The van der Waals surface area contributed by atoms with E-state index in [-0.39, 0.29) is 5.54 Å². The van der Waals surface area contributed by atoms with Crippen LogP contribution in [0.1, 0.15) is 31.9 Å². The molecule has 2 aromatic rings. The van der Waals surface area contributed by atoms with Crippen LogP contribution >= 0.6 is 23.6 Å². The lowest BCUT2D eigenvalue weighted by molar-refractivity contribution is 0.245. The van der Waals surface area contributed by atoms with Crippen LogP contribution in [0, 0.1) is 10.9 Å². The normalized spacial score (nSPS) is 11.9. The number of nitrogens with zero attached hydrogens (tertiary/aromatic N) is 3. The van der Waals surface area contributed by atoms with Crippen LogP contribution in [-0.4, -0.2) is 27.3 Å². The molecule has 0 bridgehead atoms. The maximum Gasteiger partial charge on any atom is 0.205 e.